The molecule has 0 aliphatic heterocycles. The van der Waals surface area contributed by atoms with Crippen LogP contribution in [0.2, 0.25) is 5.02 Å². The molecule has 1 aliphatic carbocycles. The van der Waals surface area contributed by atoms with Crippen LogP contribution in [0.25, 0.3) is 0 Å². The average Bonchev–Trinajstić information content (AvgIpc) is 2.57. The zero-order valence-corrected chi connectivity index (χ0v) is 14.1. The quantitative estimate of drug-likeness (QED) is 0.861. The van der Waals surface area contributed by atoms with E-state index in [9.17, 15) is 9.59 Å². The van der Waals surface area contributed by atoms with E-state index in [1.54, 1.807) is 18.2 Å². The number of carbonyl (C=O) groups is 2. The minimum Gasteiger partial charge on any atom is -0.495 e. The number of ketones is 2. The third-order valence-electron chi connectivity index (χ3n) is 3.20. The Labute approximate surface area is 144 Å². The van der Waals surface area contributed by atoms with Crippen LogP contribution in [-0.2, 0) is 0 Å². The number of hydrogen-bond acceptors (Lipinski definition) is 6. The maximum atomic E-state index is 12.5. The monoisotopic (exact) mass is 393 g/mol. The van der Waals surface area contributed by atoms with Gasteiger partial charge in [-0.05, 0) is 34.1 Å². The van der Waals surface area contributed by atoms with Crippen LogP contribution < -0.4 is 10.1 Å². The zero-order valence-electron chi connectivity index (χ0n) is 11.8. The summed E-state index contributed by atoms with van der Waals surface area (Å²) in [6, 6.07) is 4.93. The van der Waals surface area contributed by atoms with Crippen LogP contribution in [0.15, 0.2) is 40.8 Å². The molecule has 0 bridgehead atoms. The number of hydrogen-bond donors (Lipinski definition) is 1. The highest BCUT2D eigenvalue weighted by Gasteiger charge is 2.33. The number of nitrogens with zero attached hydrogens (tertiary/aromatic N) is 2. The molecule has 0 unspecified atom stereocenters. The van der Waals surface area contributed by atoms with Gasteiger partial charge in [0.1, 0.15) is 22.8 Å². The van der Waals surface area contributed by atoms with Crippen molar-refractivity contribution in [1.29, 1.82) is 0 Å². The van der Waals surface area contributed by atoms with Crippen molar-refractivity contribution in [3.05, 3.63) is 57.2 Å². The van der Waals surface area contributed by atoms with Gasteiger partial charge in [0.05, 0.1) is 16.6 Å². The van der Waals surface area contributed by atoms with Crippen molar-refractivity contribution in [2.45, 2.75) is 0 Å². The lowest BCUT2D eigenvalue weighted by atomic mass is 10.0. The van der Waals surface area contributed by atoms with Crippen LogP contribution in [0.1, 0.15) is 21.0 Å². The second-order valence-corrected chi connectivity index (χ2v) is 5.78. The van der Waals surface area contributed by atoms with Gasteiger partial charge in [0.2, 0.25) is 11.6 Å². The van der Waals surface area contributed by atoms with Gasteiger partial charge in [-0.2, -0.15) is 0 Å². The number of nitrogens with one attached hydrogen (secondary N) is 1. The van der Waals surface area contributed by atoms with Crippen LogP contribution in [0.5, 0.6) is 5.75 Å². The largest absolute Gasteiger partial charge is 0.495 e. The van der Waals surface area contributed by atoms with Crippen molar-refractivity contribution in [2.24, 2.45) is 0 Å². The van der Waals surface area contributed by atoms with Crippen molar-refractivity contribution in [3.63, 3.8) is 0 Å². The maximum Gasteiger partial charge on any atom is 0.231 e. The standard InChI is InChI=1S/C15H9BrClN3O3/c1-23-9-3-2-7(6-8(9)17)20-11-10(16)14(21)12-13(15(11)22)19-5-4-18-12/h2-6,20H,1H3. The van der Waals surface area contributed by atoms with Crippen LogP contribution in [0, 0.1) is 0 Å². The maximum absolute atomic E-state index is 12.5. The third kappa shape index (κ3) is 2.73. The minimum atomic E-state index is -0.425. The number of allylic oxidation sites excluding steroid dienone is 2. The summed E-state index contributed by atoms with van der Waals surface area (Å²) in [7, 11) is 1.51. The van der Waals surface area contributed by atoms with E-state index in [0.29, 0.717) is 16.5 Å². The van der Waals surface area contributed by atoms with E-state index in [4.69, 9.17) is 16.3 Å². The van der Waals surface area contributed by atoms with Gasteiger partial charge in [0, 0.05) is 18.1 Å². The zero-order chi connectivity index (χ0) is 16.6. The van der Waals surface area contributed by atoms with Crippen molar-refractivity contribution in [2.75, 3.05) is 12.4 Å². The van der Waals surface area contributed by atoms with E-state index in [-0.39, 0.29) is 21.6 Å². The van der Waals surface area contributed by atoms with E-state index in [2.05, 4.69) is 31.2 Å². The van der Waals surface area contributed by atoms with Crippen molar-refractivity contribution in [1.82, 2.24) is 9.97 Å². The molecule has 8 heteroatoms. The lowest BCUT2D eigenvalue weighted by molar-refractivity contribution is 0.0975. The number of ether oxygens (including phenoxy) is 1. The number of methoxy groups -OCH3 is 1. The molecule has 0 saturated heterocycles. The van der Waals surface area contributed by atoms with Crippen molar-refractivity contribution < 1.29 is 14.3 Å². The highest BCUT2D eigenvalue weighted by molar-refractivity contribution is 9.12. The van der Waals surface area contributed by atoms with Gasteiger partial charge in [0.15, 0.2) is 0 Å². The molecule has 1 aromatic heterocycles. The Morgan fingerprint density at radius 2 is 1.78 bits per heavy atom. The predicted molar refractivity (Wildman–Crippen MR) is 88.3 cm³/mol. The fraction of sp³-hybridized carbons (Fsp3) is 0.0667. The fourth-order valence-electron chi connectivity index (χ4n) is 2.11. The normalized spacial score (nSPS) is 13.9. The Balaban J connectivity index is 2.00. The van der Waals surface area contributed by atoms with Crippen molar-refractivity contribution in [3.8, 4) is 5.75 Å². The molecule has 6 nitrogen and oxygen atoms in total. The molecule has 1 aromatic carbocycles. The Morgan fingerprint density at radius 3 is 2.39 bits per heavy atom. The summed E-state index contributed by atoms with van der Waals surface area (Å²) in [4.78, 5) is 32.7. The highest BCUT2D eigenvalue weighted by atomic mass is 79.9. The van der Waals surface area contributed by atoms with Crippen LogP contribution in [0.3, 0.4) is 0 Å². The Morgan fingerprint density at radius 1 is 1.13 bits per heavy atom. The number of rotatable bonds is 3. The molecular formula is C15H9BrClN3O3. The number of aromatic nitrogens is 2. The van der Waals surface area contributed by atoms with Gasteiger partial charge in [-0.25, -0.2) is 9.97 Å². The summed E-state index contributed by atoms with van der Waals surface area (Å²) in [5, 5.41) is 3.28. The van der Waals surface area contributed by atoms with Crippen LogP contribution in [0.4, 0.5) is 5.69 Å². The van der Waals surface area contributed by atoms with Gasteiger partial charge in [-0.15, -0.1) is 0 Å². The molecule has 3 rings (SSSR count). The summed E-state index contributed by atoms with van der Waals surface area (Å²) < 4.78 is 5.17. The Bertz CT molecular complexity index is 867. The molecular weight excluding hydrogens is 386 g/mol. The summed E-state index contributed by atoms with van der Waals surface area (Å²) in [6.07, 6.45) is 2.73. The molecule has 0 atom stereocenters. The van der Waals surface area contributed by atoms with E-state index < -0.39 is 11.6 Å². The number of fused-ring (bicyclic) bond motifs is 1. The number of Topliss-reactive ketones (excluding diaryl/α,β-unsaturated/α-hetero) is 2. The average molecular weight is 395 g/mol. The number of benzene rings is 1. The molecule has 0 amide bonds. The summed E-state index contributed by atoms with van der Waals surface area (Å²) >= 11 is 9.22. The Hall–Kier alpha value is -2.25. The molecule has 2 aromatic rings. The number of halogens is 2. The van der Waals surface area contributed by atoms with Crippen LogP contribution >= 0.6 is 27.5 Å². The minimum absolute atomic E-state index is 0.0165. The highest BCUT2D eigenvalue weighted by Crippen LogP contribution is 2.31. The molecule has 0 radical (unpaired) electrons. The second kappa shape index (κ2) is 6.10. The van der Waals surface area contributed by atoms with E-state index in [1.165, 1.54) is 19.5 Å². The van der Waals surface area contributed by atoms with E-state index in [0.717, 1.165) is 0 Å². The third-order valence-corrected chi connectivity index (χ3v) is 4.25. The summed E-state index contributed by atoms with van der Waals surface area (Å²) in [5.41, 5.74) is 0.672. The van der Waals surface area contributed by atoms with Crippen molar-refractivity contribution >= 4 is 44.8 Å². The van der Waals surface area contributed by atoms with Gasteiger partial charge in [0.25, 0.3) is 0 Å². The second-order valence-electron chi connectivity index (χ2n) is 4.58. The molecule has 0 fully saturated rings. The molecule has 0 spiro atoms. The van der Waals surface area contributed by atoms with E-state index >= 15 is 0 Å². The molecule has 0 saturated carbocycles. The SMILES string of the molecule is COc1ccc(NC2=C(Br)C(=O)c3nccnc3C2=O)cc1Cl. The van der Waals surface area contributed by atoms with E-state index in [1.807, 2.05) is 0 Å². The molecule has 23 heavy (non-hydrogen) atoms. The summed E-state index contributed by atoms with van der Waals surface area (Å²) in [5.74, 6) is -0.325. The van der Waals surface area contributed by atoms with Crippen LogP contribution in [-0.4, -0.2) is 28.6 Å². The van der Waals surface area contributed by atoms with Gasteiger partial charge in [-0.3, -0.25) is 9.59 Å². The fourth-order valence-corrected chi connectivity index (χ4v) is 2.83. The topological polar surface area (TPSA) is 81.2 Å². The molecule has 1 aliphatic rings. The first-order valence-electron chi connectivity index (χ1n) is 6.43. The molecule has 1 N–H and O–H groups in total. The summed E-state index contributed by atoms with van der Waals surface area (Å²) in [6.45, 7) is 0. The smallest absolute Gasteiger partial charge is 0.231 e. The first-order valence-corrected chi connectivity index (χ1v) is 7.60. The number of carbonyl (C=O) groups excluding carboxylic acids is 2. The Kier molecular flexibility index (Phi) is 4.14. The molecule has 1 heterocycles. The molecule has 116 valence electrons. The predicted octanol–water partition coefficient (Wildman–Crippen LogP) is 3.24. The van der Waals surface area contributed by atoms with Gasteiger partial charge in [-0.1, -0.05) is 11.6 Å². The van der Waals surface area contributed by atoms with Gasteiger partial charge < -0.3 is 10.1 Å². The van der Waals surface area contributed by atoms with Gasteiger partial charge >= 0.3 is 0 Å². The first-order chi connectivity index (χ1) is 11.0. The lowest BCUT2D eigenvalue weighted by Gasteiger charge is -2.18. The lowest BCUT2D eigenvalue weighted by Crippen LogP contribution is -2.26. The first kappa shape index (κ1) is 15.6. The number of anilines is 1.